The molecule has 4 nitrogen and oxygen atoms in total. The van der Waals surface area contributed by atoms with Gasteiger partial charge in [0, 0.05) is 7.05 Å². The van der Waals surface area contributed by atoms with Gasteiger partial charge in [0.25, 0.3) is 5.91 Å². The Morgan fingerprint density at radius 1 is 1.44 bits per heavy atom. The van der Waals surface area contributed by atoms with Crippen LogP contribution < -0.4 is 5.73 Å². The van der Waals surface area contributed by atoms with Gasteiger partial charge in [0.05, 0.1) is 13.2 Å². The number of nitrogens with zero attached hydrogens (tertiary/aromatic N) is 1. The number of carbonyl (C=O) groups excluding carboxylic acids is 1. The van der Waals surface area contributed by atoms with Crippen molar-refractivity contribution < 1.29 is 9.63 Å². The van der Waals surface area contributed by atoms with Gasteiger partial charge in [0.1, 0.15) is 0 Å². The predicted octanol–water partition coefficient (Wildman–Crippen LogP) is 0.998. The van der Waals surface area contributed by atoms with Crippen molar-refractivity contribution in [2.45, 2.75) is 12.5 Å². The Morgan fingerprint density at radius 2 is 2.00 bits per heavy atom. The minimum Gasteiger partial charge on any atom is -0.320 e. The van der Waals surface area contributed by atoms with Gasteiger partial charge in [0.15, 0.2) is 0 Å². The summed E-state index contributed by atoms with van der Waals surface area (Å²) < 4.78 is 0. The molecule has 16 heavy (non-hydrogen) atoms. The molecule has 2 N–H and O–H groups in total. The fourth-order valence-electron chi connectivity index (χ4n) is 1.28. The average molecular weight is 245 g/mol. The number of nitrogens with two attached hydrogens (primary N) is 1. The van der Waals surface area contributed by atoms with E-state index in [1.54, 1.807) is 7.05 Å². The maximum Gasteiger partial charge on any atom is 0.263 e. The lowest BCUT2D eigenvalue weighted by Crippen LogP contribution is -2.42. The molecule has 0 saturated carbocycles. The molecular formula is C11H17ClN2O2. The number of rotatable bonds is 4. The summed E-state index contributed by atoms with van der Waals surface area (Å²) >= 11 is 0. The topological polar surface area (TPSA) is 55.6 Å². The molecule has 0 radical (unpaired) electrons. The van der Waals surface area contributed by atoms with Gasteiger partial charge in [-0.05, 0) is 12.0 Å². The van der Waals surface area contributed by atoms with Crippen molar-refractivity contribution in [2.24, 2.45) is 5.73 Å². The van der Waals surface area contributed by atoms with Gasteiger partial charge < -0.3 is 5.73 Å². The largest absolute Gasteiger partial charge is 0.320 e. The SMILES string of the molecule is CON(C)C(=O)[C@@H](N)Cc1ccccc1.Cl. The zero-order chi connectivity index (χ0) is 11.3. The van der Waals surface area contributed by atoms with E-state index in [4.69, 9.17) is 10.6 Å². The highest BCUT2D eigenvalue weighted by atomic mass is 35.5. The van der Waals surface area contributed by atoms with Crippen molar-refractivity contribution in [3.05, 3.63) is 35.9 Å². The Bertz CT molecular complexity index is 319. The van der Waals surface area contributed by atoms with E-state index in [1.807, 2.05) is 30.3 Å². The van der Waals surface area contributed by atoms with Crippen LogP contribution in [0.4, 0.5) is 0 Å². The fraction of sp³-hybridized carbons (Fsp3) is 0.364. The van der Waals surface area contributed by atoms with Crippen LogP contribution in [-0.2, 0) is 16.1 Å². The van der Waals surface area contributed by atoms with Crippen LogP contribution >= 0.6 is 12.4 Å². The number of hydrogen-bond donors (Lipinski definition) is 1. The monoisotopic (exact) mass is 244 g/mol. The molecule has 0 unspecified atom stereocenters. The van der Waals surface area contributed by atoms with Crippen LogP contribution in [0.15, 0.2) is 30.3 Å². The second-order valence-electron chi connectivity index (χ2n) is 3.31. The summed E-state index contributed by atoms with van der Waals surface area (Å²) in [5.74, 6) is -0.221. The molecule has 0 spiro atoms. The number of amides is 1. The molecule has 1 amide bonds. The van der Waals surface area contributed by atoms with Crippen LogP contribution in [-0.4, -0.2) is 31.2 Å². The maximum absolute atomic E-state index is 11.6. The molecule has 90 valence electrons. The first kappa shape index (κ1) is 14.9. The van der Waals surface area contributed by atoms with Crippen LogP contribution in [0.2, 0.25) is 0 Å². The molecule has 0 fully saturated rings. The second-order valence-corrected chi connectivity index (χ2v) is 3.31. The molecule has 0 heterocycles. The van der Waals surface area contributed by atoms with E-state index in [1.165, 1.54) is 7.11 Å². The standard InChI is InChI=1S/C11H16N2O2.ClH/c1-13(15-2)11(14)10(12)8-9-6-4-3-5-7-9;/h3-7,10H,8,12H2,1-2H3;1H/t10-;/m0./s1. The van der Waals surface area contributed by atoms with E-state index in [-0.39, 0.29) is 18.3 Å². The molecule has 0 aliphatic heterocycles. The molecule has 0 saturated heterocycles. The summed E-state index contributed by atoms with van der Waals surface area (Å²) in [4.78, 5) is 16.3. The van der Waals surface area contributed by atoms with Crippen molar-refractivity contribution in [3.8, 4) is 0 Å². The lowest BCUT2D eigenvalue weighted by atomic mass is 10.1. The fourth-order valence-corrected chi connectivity index (χ4v) is 1.28. The van der Waals surface area contributed by atoms with Crippen LogP contribution in [0.3, 0.4) is 0 Å². The van der Waals surface area contributed by atoms with Crippen LogP contribution in [0.5, 0.6) is 0 Å². The van der Waals surface area contributed by atoms with Gasteiger partial charge in [-0.2, -0.15) is 0 Å². The van der Waals surface area contributed by atoms with Gasteiger partial charge in [-0.3, -0.25) is 9.63 Å². The van der Waals surface area contributed by atoms with Gasteiger partial charge in [0.2, 0.25) is 0 Å². The van der Waals surface area contributed by atoms with Gasteiger partial charge in [-0.25, -0.2) is 5.06 Å². The lowest BCUT2D eigenvalue weighted by Gasteiger charge is -2.18. The lowest BCUT2D eigenvalue weighted by molar-refractivity contribution is -0.170. The van der Waals surface area contributed by atoms with Crippen LogP contribution in [0, 0.1) is 0 Å². The molecule has 1 aromatic rings. The Balaban J connectivity index is 0.00000225. The Labute approximate surface area is 102 Å². The summed E-state index contributed by atoms with van der Waals surface area (Å²) in [6.07, 6.45) is 0.521. The number of hydrogen-bond acceptors (Lipinski definition) is 3. The van der Waals surface area contributed by atoms with Crippen molar-refractivity contribution in [2.75, 3.05) is 14.2 Å². The molecule has 0 bridgehead atoms. The zero-order valence-corrected chi connectivity index (χ0v) is 10.2. The van der Waals surface area contributed by atoms with E-state index in [0.717, 1.165) is 10.6 Å². The third kappa shape index (κ3) is 4.18. The van der Waals surface area contributed by atoms with E-state index in [9.17, 15) is 4.79 Å². The van der Waals surface area contributed by atoms with Crippen molar-refractivity contribution in [1.29, 1.82) is 0 Å². The highest BCUT2D eigenvalue weighted by Crippen LogP contribution is 2.03. The Kier molecular flexibility index (Phi) is 6.72. The normalized spacial score (nSPS) is 11.4. The highest BCUT2D eigenvalue weighted by molar-refractivity contribution is 5.85. The second kappa shape index (κ2) is 7.22. The van der Waals surface area contributed by atoms with E-state index < -0.39 is 6.04 Å². The minimum absolute atomic E-state index is 0. The predicted molar refractivity (Wildman–Crippen MR) is 65.1 cm³/mol. The van der Waals surface area contributed by atoms with Crippen molar-refractivity contribution in [1.82, 2.24) is 5.06 Å². The molecular weight excluding hydrogens is 228 g/mol. The summed E-state index contributed by atoms with van der Waals surface area (Å²) in [6.45, 7) is 0. The molecule has 1 atom stereocenters. The zero-order valence-electron chi connectivity index (χ0n) is 9.42. The summed E-state index contributed by atoms with van der Waals surface area (Å²) in [5.41, 5.74) is 6.80. The maximum atomic E-state index is 11.6. The van der Waals surface area contributed by atoms with E-state index in [2.05, 4.69) is 0 Å². The summed E-state index contributed by atoms with van der Waals surface area (Å²) in [7, 11) is 2.99. The number of hydroxylamine groups is 2. The third-order valence-corrected chi connectivity index (χ3v) is 2.20. The van der Waals surface area contributed by atoms with Gasteiger partial charge in [-0.1, -0.05) is 30.3 Å². The van der Waals surface area contributed by atoms with Gasteiger partial charge >= 0.3 is 0 Å². The van der Waals surface area contributed by atoms with Crippen molar-refractivity contribution in [3.63, 3.8) is 0 Å². The smallest absolute Gasteiger partial charge is 0.263 e. The van der Waals surface area contributed by atoms with Crippen molar-refractivity contribution >= 4 is 18.3 Å². The van der Waals surface area contributed by atoms with E-state index >= 15 is 0 Å². The molecule has 0 aromatic heterocycles. The van der Waals surface area contributed by atoms with Gasteiger partial charge in [-0.15, -0.1) is 12.4 Å². The minimum atomic E-state index is -0.558. The molecule has 1 aromatic carbocycles. The molecule has 5 heteroatoms. The third-order valence-electron chi connectivity index (χ3n) is 2.20. The number of carbonyl (C=O) groups is 1. The Morgan fingerprint density at radius 3 is 2.50 bits per heavy atom. The van der Waals surface area contributed by atoms with Crippen LogP contribution in [0.25, 0.3) is 0 Å². The first-order valence-electron chi connectivity index (χ1n) is 4.76. The molecule has 0 aliphatic carbocycles. The number of benzene rings is 1. The Hall–Kier alpha value is -1.10. The van der Waals surface area contributed by atoms with Crippen LogP contribution in [0.1, 0.15) is 5.56 Å². The summed E-state index contributed by atoms with van der Waals surface area (Å²) in [5, 5.41) is 1.15. The van der Waals surface area contributed by atoms with E-state index in [0.29, 0.717) is 6.42 Å². The average Bonchev–Trinajstić information content (AvgIpc) is 2.28. The quantitative estimate of drug-likeness (QED) is 0.804. The highest BCUT2D eigenvalue weighted by Gasteiger charge is 2.17. The molecule has 0 aliphatic rings. The number of halogens is 1. The number of likely N-dealkylation sites (N-methyl/N-ethyl adjacent to an activating group) is 1. The molecule has 1 rings (SSSR count). The first-order valence-corrected chi connectivity index (χ1v) is 4.76. The first-order chi connectivity index (χ1) is 7.15. The summed E-state index contributed by atoms with van der Waals surface area (Å²) in [6, 6.07) is 9.11.